The van der Waals surface area contributed by atoms with Gasteiger partial charge in [0.25, 0.3) is 11.8 Å². The zero-order valence-electron chi connectivity index (χ0n) is 21.1. The lowest BCUT2D eigenvalue weighted by molar-refractivity contribution is 0.0708. The number of hydrogen-bond acceptors (Lipinski definition) is 7. The van der Waals surface area contributed by atoms with Crippen LogP contribution in [0.3, 0.4) is 0 Å². The minimum atomic E-state index is -0.250. The Morgan fingerprint density at radius 2 is 1.74 bits per heavy atom. The molecule has 1 aromatic carbocycles. The number of likely N-dealkylation sites (tertiary alicyclic amines) is 1. The lowest BCUT2D eigenvalue weighted by atomic mass is 9.97. The molecule has 2 saturated heterocycles. The van der Waals surface area contributed by atoms with Crippen molar-refractivity contribution in [3.63, 3.8) is 0 Å². The van der Waals surface area contributed by atoms with Crippen LogP contribution in [0.5, 0.6) is 0 Å². The molecule has 0 radical (unpaired) electrons. The number of amides is 2. The van der Waals surface area contributed by atoms with E-state index >= 15 is 0 Å². The first kappa shape index (κ1) is 26.4. The molecule has 2 aliphatic heterocycles. The summed E-state index contributed by atoms with van der Waals surface area (Å²) in [5.74, 6) is 0.663. The van der Waals surface area contributed by atoms with E-state index in [1.807, 2.05) is 21.2 Å². The monoisotopic (exact) mass is 551 g/mol. The van der Waals surface area contributed by atoms with Crippen molar-refractivity contribution < 1.29 is 14.0 Å². The van der Waals surface area contributed by atoms with Gasteiger partial charge in [-0.15, -0.1) is 29.7 Å². The van der Waals surface area contributed by atoms with Gasteiger partial charge in [0.2, 0.25) is 0 Å². The van der Waals surface area contributed by atoms with Crippen molar-refractivity contribution in [3.8, 4) is 0 Å². The van der Waals surface area contributed by atoms with Crippen molar-refractivity contribution in [1.82, 2.24) is 19.8 Å². The maximum Gasteiger partial charge on any atom is 0.273 e. The first-order valence-electron chi connectivity index (χ1n) is 12.8. The molecule has 7 nitrogen and oxygen atoms in total. The smallest absolute Gasteiger partial charge is 0.273 e. The van der Waals surface area contributed by atoms with Crippen LogP contribution in [-0.4, -0.2) is 76.6 Å². The van der Waals surface area contributed by atoms with Crippen LogP contribution in [0.2, 0.25) is 0 Å². The van der Waals surface area contributed by atoms with Crippen LogP contribution in [0.1, 0.15) is 44.6 Å². The van der Waals surface area contributed by atoms with E-state index in [-0.39, 0.29) is 23.5 Å². The van der Waals surface area contributed by atoms with Crippen molar-refractivity contribution in [2.45, 2.75) is 23.8 Å². The quantitative estimate of drug-likeness (QED) is 0.306. The molecule has 3 aromatic rings. The fraction of sp³-hybridized carbons (Fsp3) is 0.357. The molecule has 10 heteroatoms. The minimum absolute atomic E-state index is 0.0119. The van der Waals surface area contributed by atoms with Gasteiger partial charge in [0, 0.05) is 68.2 Å². The molecule has 0 saturated carbocycles. The summed E-state index contributed by atoms with van der Waals surface area (Å²) in [6.07, 6.45) is 5.15. The van der Waals surface area contributed by atoms with Gasteiger partial charge in [0.05, 0.1) is 10.6 Å². The van der Waals surface area contributed by atoms with Crippen molar-refractivity contribution in [2.24, 2.45) is 0 Å². The van der Waals surface area contributed by atoms with Crippen molar-refractivity contribution >= 4 is 40.6 Å². The summed E-state index contributed by atoms with van der Waals surface area (Å²) >= 11 is 3.05. The van der Waals surface area contributed by atoms with Gasteiger partial charge >= 0.3 is 0 Å². The summed E-state index contributed by atoms with van der Waals surface area (Å²) in [5.41, 5.74) is 2.10. The van der Waals surface area contributed by atoms with Gasteiger partial charge < -0.3 is 14.7 Å². The first-order chi connectivity index (χ1) is 18.5. The SMILES string of the molecule is C=CCSc1ncccc1C(=O)N1CCC(c2nc(C(=O)N3CCN(c4ccc(F)cc4)CC3)cs2)CC1. The summed E-state index contributed by atoms with van der Waals surface area (Å²) < 4.78 is 13.2. The number of carbonyl (C=O) groups excluding carboxylic acids is 2. The standard InChI is InChI=1S/C28H30FN5O2S2/c1-2-18-37-26-23(4-3-11-30-26)27(35)33-12-9-20(10-13-33)25-31-24(19-38-25)28(36)34-16-14-32(15-17-34)22-7-5-21(29)6-8-22/h2-8,11,19-20H,1,9-10,12-18H2. The largest absolute Gasteiger partial charge is 0.368 e. The van der Waals surface area contributed by atoms with E-state index in [1.165, 1.54) is 35.2 Å². The summed E-state index contributed by atoms with van der Waals surface area (Å²) in [7, 11) is 0. The molecule has 38 heavy (non-hydrogen) atoms. The topological polar surface area (TPSA) is 69.6 Å². The number of rotatable bonds is 7. The zero-order valence-corrected chi connectivity index (χ0v) is 22.7. The molecule has 0 spiro atoms. The van der Waals surface area contributed by atoms with Crippen molar-refractivity contribution in [2.75, 3.05) is 49.9 Å². The minimum Gasteiger partial charge on any atom is -0.368 e. The maximum absolute atomic E-state index is 13.2. The Bertz CT molecular complexity index is 1280. The molecule has 0 bridgehead atoms. The third-order valence-corrected chi connectivity index (χ3v) is 8.98. The zero-order chi connectivity index (χ0) is 26.5. The Labute approximate surface area is 230 Å². The second-order valence-corrected chi connectivity index (χ2v) is 11.2. The first-order valence-corrected chi connectivity index (χ1v) is 14.6. The maximum atomic E-state index is 13.2. The molecule has 2 amide bonds. The highest BCUT2D eigenvalue weighted by molar-refractivity contribution is 7.99. The summed E-state index contributed by atoms with van der Waals surface area (Å²) in [5, 5.41) is 3.57. The van der Waals surface area contributed by atoms with Gasteiger partial charge in [-0.1, -0.05) is 6.08 Å². The third-order valence-electron chi connectivity index (χ3n) is 6.97. The third kappa shape index (κ3) is 5.91. The van der Waals surface area contributed by atoms with Gasteiger partial charge in [0.15, 0.2) is 0 Å². The molecular weight excluding hydrogens is 521 g/mol. The average molecular weight is 552 g/mol. The van der Waals surface area contributed by atoms with Gasteiger partial charge in [-0.3, -0.25) is 9.59 Å². The highest BCUT2D eigenvalue weighted by Gasteiger charge is 2.29. The van der Waals surface area contributed by atoms with Gasteiger partial charge in [-0.2, -0.15) is 0 Å². The summed E-state index contributed by atoms with van der Waals surface area (Å²) in [4.78, 5) is 41.3. The molecule has 0 atom stereocenters. The number of aromatic nitrogens is 2. The van der Waals surface area contributed by atoms with Crippen LogP contribution < -0.4 is 4.90 Å². The Morgan fingerprint density at radius 1 is 1.03 bits per heavy atom. The second-order valence-electron chi connectivity index (χ2n) is 9.35. The van der Waals surface area contributed by atoms with E-state index < -0.39 is 0 Å². The number of piperazine rings is 1. The van der Waals surface area contributed by atoms with Crippen LogP contribution in [0.25, 0.3) is 0 Å². The number of pyridine rings is 1. The molecule has 2 aliphatic rings. The van der Waals surface area contributed by atoms with Gasteiger partial charge in [0.1, 0.15) is 16.5 Å². The average Bonchev–Trinajstić information content (AvgIpc) is 3.46. The Hall–Kier alpha value is -3.24. The second kappa shape index (κ2) is 12.1. The number of hydrogen-bond donors (Lipinski definition) is 0. The van der Waals surface area contributed by atoms with Crippen LogP contribution >= 0.6 is 23.1 Å². The van der Waals surface area contributed by atoms with Crippen LogP contribution in [0.15, 0.2) is 65.7 Å². The molecule has 5 rings (SSSR count). The van der Waals surface area contributed by atoms with Gasteiger partial charge in [-0.05, 0) is 49.2 Å². The normalized spacial score (nSPS) is 16.5. The molecule has 0 N–H and O–H groups in total. The molecule has 4 heterocycles. The molecule has 198 valence electrons. The van der Waals surface area contributed by atoms with Crippen LogP contribution in [0.4, 0.5) is 10.1 Å². The van der Waals surface area contributed by atoms with Crippen molar-refractivity contribution in [3.05, 3.63) is 82.7 Å². The molecule has 2 aromatic heterocycles. The molecule has 2 fully saturated rings. The predicted octanol–water partition coefficient (Wildman–Crippen LogP) is 4.94. The number of carbonyl (C=O) groups is 2. The highest BCUT2D eigenvalue weighted by atomic mass is 32.2. The van der Waals surface area contributed by atoms with Gasteiger partial charge in [-0.25, -0.2) is 14.4 Å². The number of nitrogens with zero attached hydrogens (tertiary/aromatic N) is 5. The lowest BCUT2D eigenvalue weighted by Gasteiger charge is -2.35. The number of thiazole rings is 1. The molecule has 0 unspecified atom stereocenters. The number of piperidine rings is 1. The van der Waals surface area contributed by atoms with Crippen LogP contribution in [0, 0.1) is 5.82 Å². The fourth-order valence-electron chi connectivity index (χ4n) is 4.86. The van der Waals surface area contributed by atoms with Crippen LogP contribution in [-0.2, 0) is 0 Å². The molecular formula is C28H30FN5O2S2. The van der Waals surface area contributed by atoms with E-state index in [0.29, 0.717) is 56.3 Å². The van der Waals surface area contributed by atoms with E-state index in [2.05, 4.69) is 16.5 Å². The molecule has 0 aliphatic carbocycles. The van der Waals surface area contributed by atoms with E-state index in [0.717, 1.165) is 28.6 Å². The predicted molar refractivity (Wildman–Crippen MR) is 150 cm³/mol. The number of anilines is 1. The Balaban J connectivity index is 1.14. The fourth-order valence-corrected chi connectivity index (χ4v) is 6.55. The number of thioether (sulfide) groups is 1. The van der Waals surface area contributed by atoms with E-state index in [9.17, 15) is 14.0 Å². The van der Waals surface area contributed by atoms with E-state index in [4.69, 9.17) is 4.98 Å². The lowest BCUT2D eigenvalue weighted by Crippen LogP contribution is -2.48. The van der Waals surface area contributed by atoms with E-state index in [1.54, 1.807) is 30.5 Å². The highest BCUT2D eigenvalue weighted by Crippen LogP contribution is 2.32. The summed E-state index contributed by atoms with van der Waals surface area (Å²) in [6, 6.07) is 10.1. The summed E-state index contributed by atoms with van der Waals surface area (Å²) in [6.45, 7) is 7.65. The van der Waals surface area contributed by atoms with Crippen molar-refractivity contribution in [1.29, 1.82) is 0 Å². The number of halogens is 1. The number of benzene rings is 1. The Kier molecular flexibility index (Phi) is 8.38. The Morgan fingerprint density at radius 3 is 2.45 bits per heavy atom.